The summed E-state index contributed by atoms with van der Waals surface area (Å²) in [5.41, 5.74) is 8.27. The third kappa shape index (κ3) is 3.44. The maximum atomic E-state index is 12.3. The highest BCUT2D eigenvalue weighted by Crippen LogP contribution is 2.21. The molecular formula is C19H21N5O2. The molecule has 0 unspecified atom stereocenters. The second-order valence-corrected chi connectivity index (χ2v) is 6.47. The molecule has 134 valence electrons. The molecule has 1 saturated heterocycles. The maximum Gasteiger partial charge on any atom is 0.253 e. The molecule has 4 rings (SSSR count). The number of pyridine rings is 1. The Bertz CT molecular complexity index is 906. The zero-order valence-electron chi connectivity index (χ0n) is 14.3. The van der Waals surface area contributed by atoms with E-state index in [1.54, 1.807) is 0 Å². The van der Waals surface area contributed by atoms with E-state index in [4.69, 9.17) is 10.5 Å². The van der Waals surface area contributed by atoms with Crippen molar-refractivity contribution >= 4 is 17.2 Å². The SMILES string of the molecule is NC[C@H]1CC[C@@H](C(=O)Nc2ccc(Cc3nnc4ccccn34)cc2)O1. The van der Waals surface area contributed by atoms with Gasteiger partial charge in [-0.25, -0.2) is 0 Å². The van der Waals surface area contributed by atoms with Crippen LogP contribution in [0.3, 0.4) is 0 Å². The third-order valence-corrected chi connectivity index (χ3v) is 4.63. The smallest absolute Gasteiger partial charge is 0.253 e. The molecule has 1 aliphatic heterocycles. The van der Waals surface area contributed by atoms with Gasteiger partial charge in [-0.05, 0) is 42.7 Å². The first kappa shape index (κ1) is 16.7. The van der Waals surface area contributed by atoms with E-state index in [0.717, 1.165) is 29.1 Å². The summed E-state index contributed by atoms with van der Waals surface area (Å²) in [4.78, 5) is 12.3. The first-order valence-electron chi connectivity index (χ1n) is 8.77. The van der Waals surface area contributed by atoms with Gasteiger partial charge in [-0.2, -0.15) is 0 Å². The summed E-state index contributed by atoms with van der Waals surface area (Å²) in [5, 5.41) is 11.3. The van der Waals surface area contributed by atoms with Crippen LogP contribution in [-0.4, -0.2) is 39.3 Å². The van der Waals surface area contributed by atoms with Crippen LogP contribution in [0.25, 0.3) is 5.65 Å². The Labute approximate surface area is 151 Å². The van der Waals surface area contributed by atoms with Crippen molar-refractivity contribution in [2.75, 3.05) is 11.9 Å². The lowest BCUT2D eigenvalue weighted by Gasteiger charge is -2.13. The molecule has 7 heteroatoms. The van der Waals surface area contributed by atoms with Crippen LogP contribution in [0.5, 0.6) is 0 Å². The van der Waals surface area contributed by atoms with Crippen molar-refractivity contribution in [3.8, 4) is 0 Å². The lowest BCUT2D eigenvalue weighted by molar-refractivity contribution is -0.126. The highest BCUT2D eigenvalue weighted by molar-refractivity contribution is 5.94. The summed E-state index contributed by atoms with van der Waals surface area (Å²) in [5.74, 6) is 0.765. The summed E-state index contributed by atoms with van der Waals surface area (Å²) in [7, 11) is 0. The van der Waals surface area contributed by atoms with Crippen LogP contribution in [-0.2, 0) is 16.0 Å². The van der Waals surface area contributed by atoms with E-state index in [1.165, 1.54) is 0 Å². The molecule has 2 aromatic heterocycles. The topological polar surface area (TPSA) is 94.5 Å². The summed E-state index contributed by atoms with van der Waals surface area (Å²) >= 11 is 0. The molecule has 0 radical (unpaired) electrons. The van der Waals surface area contributed by atoms with Gasteiger partial charge in [-0.1, -0.05) is 18.2 Å². The molecule has 1 amide bonds. The van der Waals surface area contributed by atoms with Gasteiger partial charge < -0.3 is 15.8 Å². The molecule has 3 aromatic rings. The van der Waals surface area contributed by atoms with E-state index in [1.807, 2.05) is 53.1 Å². The summed E-state index contributed by atoms with van der Waals surface area (Å²) in [6.07, 6.45) is 3.75. The molecule has 3 heterocycles. The molecule has 1 aliphatic rings. The number of hydrogen-bond acceptors (Lipinski definition) is 5. The average Bonchev–Trinajstić information content (AvgIpc) is 3.31. The second-order valence-electron chi connectivity index (χ2n) is 6.47. The highest BCUT2D eigenvalue weighted by atomic mass is 16.5. The number of ether oxygens (including phenoxy) is 1. The molecule has 2 atom stereocenters. The van der Waals surface area contributed by atoms with Crippen LogP contribution >= 0.6 is 0 Å². The van der Waals surface area contributed by atoms with E-state index in [0.29, 0.717) is 19.4 Å². The van der Waals surface area contributed by atoms with E-state index < -0.39 is 6.10 Å². The predicted octanol–water partition coefficient (Wildman–Crippen LogP) is 1.76. The number of aromatic nitrogens is 3. The van der Waals surface area contributed by atoms with Gasteiger partial charge in [0, 0.05) is 24.8 Å². The van der Waals surface area contributed by atoms with Crippen molar-refractivity contribution in [1.29, 1.82) is 0 Å². The van der Waals surface area contributed by atoms with Crippen LogP contribution in [0, 0.1) is 0 Å². The number of fused-ring (bicyclic) bond motifs is 1. The minimum Gasteiger partial charge on any atom is -0.364 e. The molecular weight excluding hydrogens is 330 g/mol. The Morgan fingerprint density at radius 1 is 1.19 bits per heavy atom. The second kappa shape index (κ2) is 7.23. The van der Waals surface area contributed by atoms with Gasteiger partial charge in [0.25, 0.3) is 5.91 Å². The van der Waals surface area contributed by atoms with Crippen molar-refractivity contribution in [3.63, 3.8) is 0 Å². The predicted molar refractivity (Wildman–Crippen MR) is 97.8 cm³/mol. The van der Waals surface area contributed by atoms with Gasteiger partial charge in [0.05, 0.1) is 6.10 Å². The van der Waals surface area contributed by atoms with E-state index >= 15 is 0 Å². The third-order valence-electron chi connectivity index (χ3n) is 4.63. The van der Waals surface area contributed by atoms with Crippen molar-refractivity contribution in [1.82, 2.24) is 14.6 Å². The van der Waals surface area contributed by atoms with Gasteiger partial charge in [0.15, 0.2) is 5.65 Å². The number of nitrogens with zero attached hydrogens (tertiary/aromatic N) is 3. The minimum atomic E-state index is -0.411. The molecule has 0 saturated carbocycles. The van der Waals surface area contributed by atoms with E-state index in [2.05, 4.69) is 15.5 Å². The number of hydrogen-bond donors (Lipinski definition) is 2. The zero-order valence-corrected chi connectivity index (χ0v) is 14.3. The van der Waals surface area contributed by atoms with Gasteiger partial charge in [-0.15, -0.1) is 10.2 Å². The molecule has 0 spiro atoms. The number of rotatable bonds is 5. The van der Waals surface area contributed by atoms with Gasteiger partial charge in [-0.3, -0.25) is 9.20 Å². The van der Waals surface area contributed by atoms with Crippen molar-refractivity contribution in [2.45, 2.75) is 31.5 Å². The van der Waals surface area contributed by atoms with E-state index in [-0.39, 0.29) is 12.0 Å². The average molecular weight is 351 g/mol. The standard InChI is InChI=1S/C19H21N5O2/c20-12-15-8-9-16(26-15)19(25)21-14-6-4-13(5-7-14)11-18-23-22-17-3-1-2-10-24(17)18/h1-7,10,15-16H,8-9,11-12,20H2,(H,21,25)/t15-,16+/m1/s1. The lowest BCUT2D eigenvalue weighted by Crippen LogP contribution is -2.29. The quantitative estimate of drug-likeness (QED) is 0.730. The number of anilines is 1. The Kier molecular flexibility index (Phi) is 4.64. The number of amides is 1. The number of carbonyl (C=O) groups excluding carboxylic acids is 1. The Morgan fingerprint density at radius 3 is 2.81 bits per heavy atom. The van der Waals surface area contributed by atoms with Gasteiger partial charge >= 0.3 is 0 Å². The van der Waals surface area contributed by atoms with Gasteiger partial charge in [0.2, 0.25) is 0 Å². The summed E-state index contributed by atoms with van der Waals surface area (Å²) in [6, 6.07) is 13.6. The number of carbonyl (C=O) groups is 1. The fourth-order valence-corrected chi connectivity index (χ4v) is 3.19. The van der Waals surface area contributed by atoms with Crippen LogP contribution in [0.15, 0.2) is 48.7 Å². The molecule has 3 N–H and O–H groups in total. The number of nitrogens with one attached hydrogen (secondary N) is 1. The first-order valence-corrected chi connectivity index (χ1v) is 8.77. The lowest BCUT2D eigenvalue weighted by atomic mass is 10.1. The van der Waals surface area contributed by atoms with Crippen molar-refractivity contribution in [3.05, 3.63) is 60.0 Å². The highest BCUT2D eigenvalue weighted by Gasteiger charge is 2.29. The Morgan fingerprint density at radius 2 is 2.04 bits per heavy atom. The number of nitrogens with two attached hydrogens (primary N) is 1. The molecule has 0 aliphatic carbocycles. The molecule has 26 heavy (non-hydrogen) atoms. The van der Waals surface area contributed by atoms with Crippen LogP contribution < -0.4 is 11.1 Å². The van der Waals surface area contributed by atoms with E-state index in [9.17, 15) is 4.79 Å². The van der Waals surface area contributed by atoms with Gasteiger partial charge in [0.1, 0.15) is 11.9 Å². The molecule has 1 fully saturated rings. The Hall–Kier alpha value is -2.77. The number of benzene rings is 1. The summed E-state index contributed by atoms with van der Waals surface area (Å²) in [6.45, 7) is 0.454. The van der Waals surface area contributed by atoms with Crippen molar-refractivity contribution < 1.29 is 9.53 Å². The largest absolute Gasteiger partial charge is 0.364 e. The zero-order chi connectivity index (χ0) is 17.9. The minimum absolute atomic E-state index is 0.00824. The van der Waals surface area contributed by atoms with Crippen LogP contribution in [0.2, 0.25) is 0 Å². The van der Waals surface area contributed by atoms with Crippen LogP contribution in [0.4, 0.5) is 5.69 Å². The molecule has 0 bridgehead atoms. The van der Waals surface area contributed by atoms with Crippen LogP contribution in [0.1, 0.15) is 24.2 Å². The summed E-state index contributed by atoms with van der Waals surface area (Å²) < 4.78 is 7.60. The maximum absolute atomic E-state index is 12.3. The molecule has 7 nitrogen and oxygen atoms in total. The first-order chi connectivity index (χ1) is 12.7. The molecule has 1 aromatic carbocycles. The normalized spacial score (nSPS) is 19.7. The fourth-order valence-electron chi connectivity index (χ4n) is 3.19. The Balaban J connectivity index is 1.40. The monoisotopic (exact) mass is 351 g/mol. The van der Waals surface area contributed by atoms with Crippen molar-refractivity contribution in [2.24, 2.45) is 5.73 Å². The fraction of sp³-hybridized carbons (Fsp3) is 0.316.